The van der Waals surface area contributed by atoms with Crippen molar-refractivity contribution in [3.05, 3.63) is 29.8 Å². The summed E-state index contributed by atoms with van der Waals surface area (Å²) in [6, 6.07) is 8.30. The van der Waals surface area contributed by atoms with Crippen LogP contribution in [0, 0.1) is 0 Å². The number of aliphatic hydroxyl groups is 1. The molecule has 0 aromatic heterocycles. The van der Waals surface area contributed by atoms with E-state index in [0.717, 1.165) is 17.7 Å². The van der Waals surface area contributed by atoms with Crippen LogP contribution in [0.3, 0.4) is 0 Å². The van der Waals surface area contributed by atoms with E-state index in [4.69, 9.17) is 5.11 Å². The summed E-state index contributed by atoms with van der Waals surface area (Å²) in [5.41, 5.74) is 2.00. The number of benzene rings is 1. The minimum absolute atomic E-state index is 0.0968. The first-order valence-corrected chi connectivity index (χ1v) is 4.73. The third-order valence-electron chi connectivity index (χ3n) is 2.20. The highest BCUT2D eigenvalue weighted by atomic mass is 16.3. The van der Waals surface area contributed by atoms with Crippen molar-refractivity contribution in [2.45, 2.75) is 32.9 Å². The summed E-state index contributed by atoms with van der Waals surface area (Å²) in [7, 11) is 0. The van der Waals surface area contributed by atoms with Crippen molar-refractivity contribution < 1.29 is 5.11 Å². The van der Waals surface area contributed by atoms with Gasteiger partial charge in [0.15, 0.2) is 0 Å². The molecule has 1 aromatic carbocycles. The number of aliphatic hydroxyl groups excluding tert-OH is 1. The molecular formula is C11H17NO. The summed E-state index contributed by atoms with van der Waals surface area (Å²) in [6.07, 6.45) is 1.08. The first kappa shape index (κ1) is 10.1. The SMILES string of the molecule is CC[C@@H](C)Nc1ccccc1CO. The van der Waals surface area contributed by atoms with Gasteiger partial charge in [-0.1, -0.05) is 25.1 Å². The normalized spacial score (nSPS) is 12.5. The van der Waals surface area contributed by atoms with Crippen LogP contribution in [0.2, 0.25) is 0 Å². The molecule has 1 aromatic rings. The summed E-state index contributed by atoms with van der Waals surface area (Å²) in [4.78, 5) is 0. The number of nitrogens with one attached hydrogen (secondary N) is 1. The van der Waals surface area contributed by atoms with Crippen molar-refractivity contribution in [2.24, 2.45) is 0 Å². The summed E-state index contributed by atoms with van der Waals surface area (Å²) in [5, 5.41) is 12.4. The number of hydrogen-bond donors (Lipinski definition) is 2. The Morgan fingerprint density at radius 1 is 1.38 bits per heavy atom. The predicted octanol–water partition coefficient (Wildman–Crippen LogP) is 2.39. The van der Waals surface area contributed by atoms with Gasteiger partial charge in [-0.05, 0) is 19.4 Å². The zero-order chi connectivity index (χ0) is 9.68. The van der Waals surface area contributed by atoms with E-state index in [-0.39, 0.29) is 6.61 Å². The summed E-state index contributed by atoms with van der Waals surface area (Å²) < 4.78 is 0. The molecule has 2 N–H and O–H groups in total. The van der Waals surface area contributed by atoms with Gasteiger partial charge in [-0.25, -0.2) is 0 Å². The second kappa shape index (κ2) is 4.87. The van der Waals surface area contributed by atoms with Crippen molar-refractivity contribution in [1.82, 2.24) is 0 Å². The smallest absolute Gasteiger partial charge is 0.0701 e. The molecule has 0 heterocycles. The number of para-hydroxylation sites is 1. The van der Waals surface area contributed by atoms with Crippen LogP contribution in [-0.4, -0.2) is 11.1 Å². The van der Waals surface area contributed by atoms with Gasteiger partial charge in [0, 0.05) is 17.3 Å². The van der Waals surface area contributed by atoms with Gasteiger partial charge < -0.3 is 10.4 Å². The van der Waals surface area contributed by atoms with Gasteiger partial charge in [-0.3, -0.25) is 0 Å². The molecule has 0 fully saturated rings. The number of hydrogen-bond acceptors (Lipinski definition) is 2. The maximum absolute atomic E-state index is 9.06. The molecule has 0 unspecified atom stereocenters. The Morgan fingerprint density at radius 2 is 2.08 bits per heavy atom. The average molecular weight is 179 g/mol. The molecule has 0 spiro atoms. The third kappa shape index (κ3) is 2.74. The maximum atomic E-state index is 9.06. The molecule has 13 heavy (non-hydrogen) atoms. The van der Waals surface area contributed by atoms with Gasteiger partial charge in [0.1, 0.15) is 0 Å². The van der Waals surface area contributed by atoms with E-state index >= 15 is 0 Å². The zero-order valence-corrected chi connectivity index (χ0v) is 8.25. The monoisotopic (exact) mass is 179 g/mol. The highest BCUT2D eigenvalue weighted by Gasteiger charge is 2.02. The van der Waals surface area contributed by atoms with Crippen LogP contribution in [0.1, 0.15) is 25.8 Å². The highest BCUT2D eigenvalue weighted by molar-refractivity contribution is 5.51. The molecule has 0 amide bonds. The fraction of sp³-hybridized carbons (Fsp3) is 0.455. The van der Waals surface area contributed by atoms with Gasteiger partial charge in [-0.15, -0.1) is 0 Å². The third-order valence-corrected chi connectivity index (χ3v) is 2.20. The van der Waals surface area contributed by atoms with E-state index in [9.17, 15) is 0 Å². The molecule has 0 aliphatic rings. The topological polar surface area (TPSA) is 32.3 Å². The van der Waals surface area contributed by atoms with E-state index in [1.165, 1.54) is 0 Å². The highest BCUT2D eigenvalue weighted by Crippen LogP contribution is 2.16. The molecule has 1 rings (SSSR count). The summed E-state index contributed by atoms with van der Waals surface area (Å²) in [6.45, 7) is 4.37. The Hall–Kier alpha value is -1.02. The maximum Gasteiger partial charge on any atom is 0.0701 e. The van der Waals surface area contributed by atoms with Crippen LogP contribution in [0.25, 0.3) is 0 Å². The van der Waals surface area contributed by atoms with Crippen LogP contribution in [-0.2, 0) is 6.61 Å². The Labute approximate surface area is 79.6 Å². The molecular weight excluding hydrogens is 162 g/mol. The van der Waals surface area contributed by atoms with Crippen LogP contribution >= 0.6 is 0 Å². The molecule has 1 atom stereocenters. The Kier molecular flexibility index (Phi) is 3.77. The number of anilines is 1. The van der Waals surface area contributed by atoms with Gasteiger partial charge >= 0.3 is 0 Å². The lowest BCUT2D eigenvalue weighted by atomic mass is 10.1. The van der Waals surface area contributed by atoms with Gasteiger partial charge in [0.2, 0.25) is 0 Å². The molecule has 0 saturated heterocycles. The van der Waals surface area contributed by atoms with Crippen molar-refractivity contribution in [2.75, 3.05) is 5.32 Å². The van der Waals surface area contributed by atoms with Crippen molar-refractivity contribution in [3.8, 4) is 0 Å². The van der Waals surface area contributed by atoms with Crippen LogP contribution in [0.5, 0.6) is 0 Å². The first-order valence-electron chi connectivity index (χ1n) is 4.73. The fourth-order valence-corrected chi connectivity index (χ4v) is 1.17. The standard InChI is InChI=1S/C11H17NO/c1-3-9(2)12-11-7-5-4-6-10(11)8-13/h4-7,9,12-13H,3,8H2,1-2H3/t9-/m1/s1. The minimum Gasteiger partial charge on any atom is -0.392 e. The lowest BCUT2D eigenvalue weighted by molar-refractivity contribution is 0.282. The second-order valence-electron chi connectivity index (χ2n) is 3.27. The average Bonchev–Trinajstić information content (AvgIpc) is 2.18. The lowest BCUT2D eigenvalue weighted by Crippen LogP contribution is -2.14. The van der Waals surface area contributed by atoms with Crippen LogP contribution in [0.15, 0.2) is 24.3 Å². The van der Waals surface area contributed by atoms with Crippen molar-refractivity contribution in [1.29, 1.82) is 0 Å². The first-order chi connectivity index (χ1) is 6.27. The molecule has 0 aliphatic heterocycles. The van der Waals surface area contributed by atoms with Gasteiger partial charge in [0.25, 0.3) is 0 Å². The van der Waals surface area contributed by atoms with E-state index in [0.29, 0.717) is 6.04 Å². The van der Waals surface area contributed by atoms with Crippen molar-refractivity contribution >= 4 is 5.69 Å². The molecule has 0 bridgehead atoms. The van der Waals surface area contributed by atoms with Gasteiger partial charge in [-0.2, -0.15) is 0 Å². The molecule has 0 aliphatic carbocycles. The Bertz CT molecular complexity index is 260. The molecule has 0 saturated carbocycles. The van der Waals surface area contributed by atoms with Gasteiger partial charge in [0.05, 0.1) is 6.61 Å². The molecule has 0 radical (unpaired) electrons. The van der Waals surface area contributed by atoms with E-state index in [1.54, 1.807) is 0 Å². The van der Waals surface area contributed by atoms with E-state index < -0.39 is 0 Å². The quantitative estimate of drug-likeness (QED) is 0.743. The summed E-state index contributed by atoms with van der Waals surface area (Å²) in [5.74, 6) is 0. The van der Waals surface area contributed by atoms with Crippen molar-refractivity contribution in [3.63, 3.8) is 0 Å². The fourth-order valence-electron chi connectivity index (χ4n) is 1.17. The molecule has 2 heteroatoms. The molecule has 2 nitrogen and oxygen atoms in total. The zero-order valence-electron chi connectivity index (χ0n) is 8.25. The Balaban J connectivity index is 2.74. The van der Waals surface area contributed by atoms with E-state index in [2.05, 4.69) is 19.2 Å². The summed E-state index contributed by atoms with van der Waals surface area (Å²) >= 11 is 0. The predicted molar refractivity (Wildman–Crippen MR) is 55.7 cm³/mol. The van der Waals surface area contributed by atoms with Crippen LogP contribution < -0.4 is 5.32 Å². The Morgan fingerprint density at radius 3 is 2.69 bits per heavy atom. The number of rotatable bonds is 4. The minimum atomic E-state index is 0.0968. The van der Waals surface area contributed by atoms with E-state index in [1.807, 2.05) is 24.3 Å². The molecule has 72 valence electrons. The second-order valence-corrected chi connectivity index (χ2v) is 3.27. The lowest BCUT2D eigenvalue weighted by Gasteiger charge is -2.15. The van der Waals surface area contributed by atoms with Crippen LogP contribution in [0.4, 0.5) is 5.69 Å². The largest absolute Gasteiger partial charge is 0.392 e.